The summed E-state index contributed by atoms with van der Waals surface area (Å²) in [6, 6.07) is 8.31. The summed E-state index contributed by atoms with van der Waals surface area (Å²) in [6.45, 7) is 7.04. The first kappa shape index (κ1) is 13.2. The molecule has 2 unspecified atom stereocenters. The minimum absolute atomic E-state index is 0.139. The Bertz CT molecular complexity index is 390. The monoisotopic (exact) mass is 233 g/mol. The van der Waals surface area contributed by atoms with Gasteiger partial charge >= 0.3 is 0 Å². The second-order valence-electron chi connectivity index (χ2n) is 3.94. The molecule has 0 aliphatic rings. The van der Waals surface area contributed by atoms with Gasteiger partial charge in [0, 0.05) is 24.6 Å². The van der Waals surface area contributed by atoms with Crippen LogP contribution in [0.15, 0.2) is 30.3 Å². The van der Waals surface area contributed by atoms with Gasteiger partial charge in [0.05, 0.1) is 0 Å². The second kappa shape index (κ2) is 6.03. The highest BCUT2D eigenvalue weighted by atomic mass is 16.2. The molecule has 1 rings (SSSR count). The minimum Gasteiger partial charge on any atom is -0.352 e. The summed E-state index contributed by atoms with van der Waals surface area (Å²) < 4.78 is 0. The van der Waals surface area contributed by atoms with Crippen molar-refractivity contribution in [3.8, 4) is 0 Å². The summed E-state index contributed by atoms with van der Waals surface area (Å²) in [5.41, 5.74) is 0.580. The molecule has 2 atom stereocenters. The standard InChI is InChI=1S/C13H17N2O2/c1-9(14-11(3)16)10(2)15-13(17)12-7-5-4-6-8-12/h4-10H,2H2,1,3H3,(H,14,16)(H,15,17). The van der Waals surface area contributed by atoms with Crippen molar-refractivity contribution in [2.45, 2.75) is 25.9 Å². The van der Waals surface area contributed by atoms with Gasteiger partial charge in [-0.3, -0.25) is 9.59 Å². The zero-order chi connectivity index (χ0) is 12.8. The fourth-order valence-corrected chi connectivity index (χ4v) is 1.39. The molecule has 17 heavy (non-hydrogen) atoms. The van der Waals surface area contributed by atoms with E-state index in [0.717, 1.165) is 0 Å². The average Bonchev–Trinajstić information content (AvgIpc) is 2.29. The average molecular weight is 233 g/mol. The van der Waals surface area contributed by atoms with Gasteiger partial charge in [-0.25, -0.2) is 0 Å². The molecule has 2 N–H and O–H groups in total. The molecule has 1 aromatic carbocycles. The molecule has 91 valence electrons. The number of carbonyl (C=O) groups is 2. The fourth-order valence-electron chi connectivity index (χ4n) is 1.39. The van der Waals surface area contributed by atoms with Crippen molar-refractivity contribution in [1.29, 1.82) is 0 Å². The van der Waals surface area contributed by atoms with E-state index in [1.165, 1.54) is 6.92 Å². The van der Waals surface area contributed by atoms with Crippen molar-refractivity contribution < 1.29 is 9.59 Å². The molecule has 0 aliphatic carbocycles. The molecule has 2 amide bonds. The molecule has 0 bridgehead atoms. The van der Waals surface area contributed by atoms with Crippen LogP contribution >= 0.6 is 0 Å². The summed E-state index contributed by atoms with van der Waals surface area (Å²) >= 11 is 0. The number of nitrogens with one attached hydrogen (secondary N) is 2. The highest BCUT2D eigenvalue weighted by Gasteiger charge is 2.16. The van der Waals surface area contributed by atoms with Gasteiger partial charge in [0.1, 0.15) is 0 Å². The van der Waals surface area contributed by atoms with Crippen LogP contribution in [0.2, 0.25) is 0 Å². The van der Waals surface area contributed by atoms with Crippen LogP contribution in [0.5, 0.6) is 0 Å². The van der Waals surface area contributed by atoms with Gasteiger partial charge in [0.15, 0.2) is 0 Å². The summed E-state index contributed by atoms with van der Waals surface area (Å²) in [7, 11) is 0. The predicted molar refractivity (Wildman–Crippen MR) is 66.3 cm³/mol. The van der Waals surface area contributed by atoms with Crippen LogP contribution in [0.4, 0.5) is 0 Å². The summed E-state index contributed by atoms with van der Waals surface area (Å²) in [5, 5.41) is 5.42. The van der Waals surface area contributed by atoms with E-state index in [9.17, 15) is 9.59 Å². The Labute approximate surface area is 101 Å². The molecule has 4 heteroatoms. The summed E-state index contributed by atoms with van der Waals surface area (Å²) in [5.74, 6) is -0.331. The smallest absolute Gasteiger partial charge is 0.251 e. The molecule has 0 saturated heterocycles. The Kier molecular flexibility index (Phi) is 4.69. The lowest BCUT2D eigenvalue weighted by molar-refractivity contribution is -0.119. The molecule has 1 radical (unpaired) electrons. The first-order valence-electron chi connectivity index (χ1n) is 5.47. The third-order valence-electron chi connectivity index (χ3n) is 2.39. The zero-order valence-corrected chi connectivity index (χ0v) is 10.1. The van der Waals surface area contributed by atoms with Crippen molar-refractivity contribution in [2.75, 3.05) is 0 Å². The largest absolute Gasteiger partial charge is 0.352 e. The Balaban J connectivity index is 2.54. The number of amides is 2. The second-order valence-corrected chi connectivity index (χ2v) is 3.94. The first-order valence-corrected chi connectivity index (χ1v) is 5.47. The third kappa shape index (κ3) is 4.26. The molecular formula is C13H17N2O2. The van der Waals surface area contributed by atoms with E-state index in [2.05, 4.69) is 17.6 Å². The van der Waals surface area contributed by atoms with Crippen LogP contribution in [-0.4, -0.2) is 23.9 Å². The van der Waals surface area contributed by atoms with E-state index in [1.807, 2.05) is 6.07 Å². The van der Waals surface area contributed by atoms with Gasteiger partial charge < -0.3 is 10.6 Å². The lowest BCUT2D eigenvalue weighted by Crippen LogP contribution is -2.48. The van der Waals surface area contributed by atoms with Gasteiger partial charge in [0.2, 0.25) is 5.91 Å². The van der Waals surface area contributed by atoms with Crippen molar-refractivity contribution in [2.24, 2.45) is 0 Å². The van der Waals surface area contributed by atoms with Crippen molar-refractivity contribution in [3.63, 3.8) is 0 Å². The number of carbonyl (C=O) groups excluding carboxylic acids is 2. The number of benzene rings is 1. The Morgan fingerprint density at radius 2 is 1.76 bits per heavy atom. The molecule has 0 fully saturated rings. The van der Waals surface area contributed by atoms with Gasteiger partial charge in [-0.1, -0.05) is 18.2 Å². The molecular weight excluding hydrogens is 216 g/mol. The zero-order valence-electron chi connectivity index (χ0n) is 10.1. The normalized spacial score (nSPS) is 13.6. The van der Waals surface area contributed by atoms with E-state index in [4.69, 9.17) is 0 Å². The van der Waals surface area contributed by atoms with Crippen LogP contribution in [0.1, 0.15) is 24.2 Å². The maximum absolute atomic E-state index is 11.8. The molecule has 0 aliphatic heterocycles. The first-order chi connectivity index (χ1) is 8.00. The van der Waals surface area contributed by atoms with Gasteiger partial charge in [-0.2, -0.15) is 0 Å². The van der Waals surface area contributed by atoms with Crippen LogP contribution < -0.4 is 10.6 Å². The van der Waals surface area contributed by atoms with Gasteiger partial charge in [-0.15, -0.1) is 0 Å². The number of rotatable bonds is 4. The third-order valence-corrected chi connectivity index (χ3v) is 2.39. The highest BCUT2D eigenvalue weighted by Crippen LogP contribution is 2.00. The quantitative estimate of drug-likeness (QED) is 0.819. The topological polar surface area (TPSA) is 58.2 Å². The van der Waals surface area contributed by atoms with Crippen LogP contribution in [0.25, 0.3) is 0 Å². The molecule has 0 aromatic heterocycles. The van der Waals surface area contributed by atoms with E-state index < -0.39 is 0 Å². The molecule has 1 aromatic rings. The maximum Gasteiger partial charge on any atom is 0.251 e. The Morgan fingerprint density at radius 1 is 1.18 bits per heavy atom. The van der Waals surface area contributed by atoms with Crippen molar-refractivity contribution in [1.82, 2.24) is 10.6 Å². The number of hydrogen-bond acceptors (Lipinski definition) is 2. The molecule has 0 heterocycles. The molecule has 0 saturated carbocycles. The highest BCUT2D eigenvalue weighted by molar-refractivity contribution is 5.94. The Hall–Kier alpha value is -1.84. The van der Waals surface area contributed by atoms with Crippen molar-refractivity contribution >= 4 is 11.8 Å². The lowest BCUT2D eigenvalue weighted by Gasteiger charge is -2.21. The van der Waals surface area contributed by atoms with Crippen LogP contribution in [-0.2, 0) is 4.79 Å². The van der Waals surface area contributed by atoms with Crippen LogP contribution in [0.3, 0.4) is 0 Å². The summed E-state index contributed by atoms with van der Waals surface area (Å²) in [4.78, 5) is 22.6. The fraction of sp³-hybridized carbons (Fsp3) is 0.308. The van der Waals surface area contributed by atoms with Gasteiger partial charge in [0.25, 0.3) is 5.91 Å². The lowest BCUT2D eigenvalue weighted by atomic mass is 10.1. The van der Waals surface area contributed by atoms with E-state index >= 15 is 0 Å². The minimum atomic E-state index is -0.369. The van der Waals surface area contributed by atoms with Gasteiger partial charge in [-0.05, 0) is 26.0 Å². The SMILES string of the molecule is [CH2]C(NC(=O)c1ccccc1)C(C)NC(C)=O. The summed E-state index contributed by atoms with van der Waals surface area (Å²) in [6.07, 6.45) is 0. The molecule has 0 spiro atoms. The van der Waals surface area contributed by atoms with Crippen molar-refractivity contribution in [3.05, 3.63) is 42.8 Å². The van der Waals surface area contributed by atoms with E-state index in [-0.39, 0.29) is 23.9 Å². The van der Waals surface area contributed by atoms with E-state index in [1.54, 1.807) is 31.2 Å². The number of hydrogen-bond donors (Lipinski definition) is 2. The van der Waals surface area contributed by atoms with E-state index in [0.29, 0.717) is 5.56 Å². The maximum atomic E-state index is 11.8. The Morgan fingerprint density at radius 3 is 2.29 bits per heavy atom. The predicted octanol–water partition coefficient (Wildman–Crippen LogP) is 1.14. The molecule has 4 nitrogen and oxygen atoms in total. The van der Waals surface area contributed by atoms with Crippen LogP contribution in [0, 0.1) is 6.92 Å².